The molecule has 2 rings (SSSR count). The molecule has 1 aliphatic heterocycles. The Balaban J connectivity index is 2.26. The predicted molar refractivity (Wildman–Crippen MR) is 78.4 cm³/mol. The number of hydrogen-bond donors (Lipinski definition) is 0. The second kappa shape index (κ2) is 6.14. The van der Waals surface area contributed by atoms with E-state index in [9.17, 15) is 9.59 Å². The van der Waals surface area contributed by atoms with Crippen molar-refractivity contribution in [3.8, 4) is 0 Å². The Morgan fingerprint density at radius 2 is 2.10 bits per heavy atom. The van der Waals surface area contributed by atoms with Gasteiger partial charge in [0, 0.05) is 32.1 Å². The normalized spacial score (nSPS) is 14.8. The van der Waals surface area contributed by atoms with E-state index in [0.29, 0.717) is 25.1 Å². The van der Waals surface area contributed by atoms with Gasteiger partial charge in [-0.3, -0.25) is 9.59 Å². The van der Waals surface area contributed by atoms with Crippen LogP contribution in [-0.4, -0.2) is 36.1 Å². The van der Waals surface area contributed by atoms with Crippen molar-refractivity contribution in [3.63, 3.8) is 0 Å². The monoisotopic (exact) mass is 271 g/mol. The quantitative estimate of drug-likeness (QED) is 0.784. The molecule has 1 aromatic rings. The van der Waals surface area contributed by atoms with E-state index in [1.807, 2.05) is 30.3 Å². The summed E-state index contributed by atoms with van der Waals surface area (Å²) in [6.07, 6.45) is 2.36. The second-order valence-corrected chi connectivity index (χ2v) is 4.50. The highest BCUT2D eigenvalue weighted by Gasteiger charge is 2.26. The van der Waals surface area contributed by atoms with Crippen molar-refractivity contribution in [2.24, 2.45) is 5.10 Å². The molecule has 0 aromatic heterocycles. The van der Waals surface area contributed by atoms with E-state index in [0.717, 1.165) is 5.69 Å². The molecule has 1 heterocycles. The van der Waals surface area contributed by atoms with Crippen molar-refractivity contribution in [1.29, 1.82) is 0 Å². The molecule has 104 valence electrons. The Morgan fingerprint density at radius 1 is 1.40 bits per heavy atom. The van der Waals surface area contributed by atoms with Gasteiger partial charge in [0.2, 0.25) is 5.91 Å². The topological polar surface area (TPSA) is 53.0 Å². The minimum Gasteiger partial charge on any atom is -0.303 e. The Labute approximate surface area is 118 Å². The Hall–Kier alpha value is -2.43. The zero-order chi connectivity index (χ0) is 14.5. The largest absolute Gasteiger partial charge is 0.303 e. The third-order valence-corrected chi connectivity index (χ3v) is 3.08. The molecule has 1 aromatic carbocycles. The van der Waals surface area contributed by atoms with Crippen LogP contribution in [0.3, 0.4) is 0 Å². The highest BCUT2D eigenvalue weighted by atomic mass is 16.2. The summed E-state index contributed by atoms with van der Waals surface area (Å²) >= 11 is 0. The summed E-state index contributed by atoms with van der Waals surface area (Å²) in [5.41, 5.74) is 1.19. The van der Waals surface area contributed by atoms with E-state index in [2.05, 4.69) is 11.7 Å². The maximum atomic E-state index is 12.6. The fraction of sp³-hybridized carbons (Fsp3) is 0.267. The first-order chi connectivity index (χ1) is 9.63. The van der Waals surface area contributed by atoms with Gasteiger partial charge in [-0.25, -0.2) is 5.01 Å². The number of hydrazone groups is 1. The summed E-state index contributed by atoms with van der Waals surface area (Å²) in [7, 11) is 1.56. The fourth-order valence-corrected chi connectivity index (χ4v) is 2.02. The molecular formula is C15H17N3O2. The van der Waals surface area contributed by atoms with Crippen LogP contribution in [0.5, 0.6) is 0 Å². The van der Waals surface area contributed by atoms with E-state index in [1.54, 1.807) is 18.0 Å². The molecule has 0 atom stereocenters. The first kappa shape index (κ1) is 14.0. The number of para-hydroxylation sites is 1. The Bertz CT molecular complexity index is 551. The van der Waals surface area contributed by atoms with Gasteiger partial charge in [0.05, 0.1) is 0 Å². The molecule has 0 unspecified atom stereocenters. The SMILES string of the molecule is C=CCN(C(=O)C1=NN(C)C(=O)CC1)c1ccccc1. The van der Waals surface area contributed by atoms with Crippen molar-refractivity contribution >= 4 is 23.2 Å². The van der Waals surface area contributed by atoms with E-state index >= 15 is 0 Å². The minimum absolute atomic E-state index is 0.0727. The number of anilines is 1. The number of nitrogens with zero attached hydrogens (tertiary/aromatic N) is 3. The lowest BCUT2D eigenvalue weighted by atomic mass is 10.1. The lowest BCUT2D eigenvalue weighted by Gasteiger charge is -2.25. The van der Waals surface area contributed by atoms with E-state index in [-0.39, 0.29) is 11.8 Å². The van der Waals surface area contributed by atoms with Gasteiger partial charge in [-0.1, -0.05) is 24.3 Å². The molecule has 2 amide bonds. The van der Waals surface area contributed by atoms with Gasteiger partial charge in [0.15, 0.2) is 0 Å². The van der Waals surface area contributed by atoms with Crippen molar-refractivity contribution in [1.82, 2.24) is 5.01 Å². The van der Waals surface area contributed by atoms with Crippen molar-refractivity contribution in [3.05, 3.63) is 43.0 Å². The van der Waals surface area contributed by atoms with Crippen LogP contribution in [0.25, 0.3) is 0 Å². The average molecular weight is 271 g/mol. The highest BCUT2D eigenvalue weighted by Crippen LogP contribution is 2.16. The number of benzene rings is 1. The van der Waals surface area contributed by atoms with E-state index in [4.69, 9.17) is 0 Å². The Kier molecular flexibility index (Phi) is 4.30. The third-order valence-electron chi connectivity index (χ3n) is 3.08. The first-order valence-corrected chi connectivity index (χ1v) is 6.45. The molecule has 0 bridgehead atoms. The molecule has 0 fully saturated rings. The van der Waals surface area contributed by atoms with Crippen LogP contribution < -0.4 is 4.90 Å². The number of hydrogen-bond acceptors (Lipinski definition) is 3. The van der Waals surface area contributed by atoms with Crippen LogP contribution in [0.4, 0.5) is 5.69 Å². The molecule has 0 radical (unpaired) electrons. The molecule has 0 aliphatic carbocycles. The summed E-state index contributed by atoms with van der Waals surface area (Å²) in [4.78, 5) is 25.6. The molecule has 0 N–H and O–H groups in total. The maximum absolute atomic E-state index is 12.6. The first-order valence-electron chi connectivity index (χ1n) is 6.45. The lowest BCUT2D eigenvalue weighted by molar-refractivity contribution is -0.130. The van der Waals surface area contributed by atoms with Gasteiger partial charge in [-0.2, -0.15) is 5.10 Å². The van der Waals surface area contributed by atoms with Crippen LogP contribution in [-0.2, 0) is 9.59 Å². The van der Waals surface area contributed by atoms with Crippen LogP contribution in [0.2, 0.25) is 0 Å². The fourth-order valence-electron chi connectivity index (χ4n) is 2.02. The zero-order valence-electron chi connectivity index (χ0n) is 11.5. The van der Waals surface area contributed by atoms with Crippen molar-refractivity contribution in [2.45, 2.75) is 12.8 Å². The van der Waals surface area contributed by atoms with Crippen LogP contribution in [0.15, 0.2) is 48.1 Å². The third kappa shape index (κ3) is 2.93. The summed E-state index contributed by atoms with van der Waals surface area (Å²) in [5.74, 6) is -0.257. The smallest absolute Gasteiger partial charge is 0.274 e. The molecule has 1 aliphatic rings. The van der Waals surface area contributed by atoms with Crippen molar-refractivity contribution in [2.75, 3.05) is 18.5 Å². The number of carbonyl (C=O) groups is 2. The maximum Gasteiger partial charge on any atom is 0.274 e. The molecule has 5 nitrogen and oxygen atoms in total. The number of amides is 2. The average Bonchev–Trinajstić information content (AvgIpc) is 2.48. The van der Waals surface area contributed by atoms with Crippen molar-refractivity contribution < 1.29 is 9.59 Å². The summed E-state index contributed by atoms with van der Waals surface area (Å²) < 4.78 is 0. The standard InChI is InChI=1S/C15H17N3O2/c1-3-11-18(12-7-5-4-6-8-12)15(20)13-9-10-14(19)17(2)16-13/h3-8H,1,9-11H2,2H3. The van der Waals surface area contributed by atoms with Crippen LogP contribution in [0.1, 0.15) is 12.8 Å². The Morgan fingerprint density at radius 3 is 2.70 bits per heavy atom. The van der Waals surface area contributed by atoms with Crippen LogP contribution >= 0.6 is 0 Å². The molecule has 5 heteroatoms. The summed E-state index contributed by atoms with van der Waals surface area (Å²) in [6.45, 7) is 4.08. The summed E-state index contributed by atoms with van der Waals surface area (Å²) in [6, 6.07) is 9.36. The highest BCUT2D eigenvalue weighted by molar-refractivity contribution is 6.44. The minimum atomic E-state index is -0.185. The predicted octanol–water partition coefficient (Wildman–Crippen LogP) is 1.81. The molecule has 0 saturated carbocycles. The number of rotatable bonds is 4. The van der Waals surface area contributed by atoms with Gasteiger partial charge in [-0.15, -0.1) is 6.58 Å². The van der Waals surface area contributed by atoms with E-state index in [1.165, 1.54) is 5.01 Å². The van der Waals surface area contributed by atoms with Gasteiger partial charge < -0.3 is 4.90 Å². The second-order valence-electron chi connectivity index (χ2n) is 4.50. The molecule has 20 heavy (non-hydrogen) atoms. The molecular weight excluding hydrogens is 254 g/mol. The van der Waals surface area contributed by atoms with Gasteiger partial charge in [-0.05, 0) is 12.1 Å². The zero-order valence-corrected chi connectivity index (χ0v) is 11.5. The van der Waals surface area contributed by atoms with Gasteiger partial charge in [0.25, 0.3) is 5.91 Å². The molecule has 0 spiro atoms. The van der Waals surface area contributed by atoms with Crippen LogP contribution in [0, 0.1) is 0 Å². The lowest BCUT2D eigenvalue weighted by Crippen LogP contribution is -2.40. The molecule has 0 saturated heterocycles. The van der Waals surface area contributed by atoms with Gasteiger partial charge >= 0.3 is 0 Å². The summed E-state index contributed by atoms with van der Waals surface area (Å²) in [5, 5.41) is 5.30. The van der Waals surface area contributed by atoms with Gasteiger partial charge in [0.1, 0.15) is 5.71 Å². The number of carbonyl (C=O) groups excluding carboxylic acids is 2. The van der Waals surface area contributed by atoms with E-state index < -0.39 is 0 Å².